The maximum absolute atomic E-state index is 11.3. The van der Waals surface area contributed by atoms with Crippen LogP contribution in [0.5, 0.6) is 0 Å². The summed E-state index contributed by atoms with van der Waals surface area (Å²) >= 11 is 7.89. The van der Waals surface area contributed by atoms with Crippen LogP contribution in [0.4, 0.5) is 0 Å². The van der Waals surface area contributed by atoms with Crippen LogP contribution in [0, 0.1) is 14.9 Å². The van der Waals surface area contributed by atoms with E-state index in [2.05, 4.69) is 0 Å². The fourth-order valence-electron chi connectivity index (χ4n) is 1.22. The van der Waals surface area contributed by atoms with Gasteiger partial charge in [0.25, 0.3) is 0 Å². The highest BCUT2D eigenvalue weighted by atomic mass is 127. The molecule has 0 atom stereocenters. The first-order valence-electron chi connectivity index (χ1n) is 4.62. The predicted octanol–water partition coefficient (Wildman–Crippen LogP) is 2.92. The lowest BCUT2D eigenvalue weighted by atomic mass is 10.1. The number of esters is 1. The van der Waals surface area contributed by atoms with E-state index in [-0.39, 0.29) is 12.4 Å². The van der Waals surface area contributed by atoms with Crippen molar-refractivity contribution in [2.24, 2.45) is 0 Å². The molecule has 0 bridgehead atoms. The summed E-state index contributed by atoms with van der Waals surface area (Å²) in [6.07, 6.45) is 0.140. The van der Waals surface area contributed by atoms with Gasteiger partial charge in [-0.1, -0.05) is 11.6 Å². The van der Waals surface area contributed by atoms with E-state index in [1.54, 1.807) is 19.1 Å². The van der Waals surface area contributed by atoms with Crippen molar-refractivity contribution in [2.75, 3.05) is 6.61 Å². The van der Waals surface area contributed by atoms with Crippen LogP contribution in [0.15, 0.2) is 12.1 Å². The zero-order valence-electron chi connectivity index (χ0n) is 8.59. The first kappa shape index (κ1) is 13.3. The van der Waals surface area contributed by atoms with Gasteiger partial charge in [-0.3, -0.25) is 4.79 Å². The number of benzene rings is 1. The molecule has 0 aliphatic heterocycles. The second-order valence-corrected chi connectivity index (χ2v) is 4.54. The van der Waals surface area contributed by atoms with E-state index in [0.29, 0.717) is 17.2 Å². The fourth-order valence-corrected chi connectivity index (χ4v) is 2.09. The van der Waals surface area contributed by atoms with E-state index in [0.717, 1.165) is 9.13 Å². The van der Waals surface area contributed by atoms with Gasteiger partial charge in [0.1, 0.15) is 6.07 Å². The maximum Gasteiger partial charge on any atom is 0.310 e. The lowest BCUT2D eigenvalue weighted by Gasteiger charge is -2.06. The number of carbonyl (C=O) groups is 1. The zero-order chi connectivity index (χ0) is 12.1. The number of hydrogen-bond donors (Lipinski definition) is 0. The van der Waals surface area contributed by atoms with Gasteiger partial charge in [0.05, 0.1) is 18.6 Å². The monoisotopic (exact) mass is 349 g/mol. The molecule has 1 aromatic rings. The Balaban J connectivity index is 3.01. The summed E-state index contributed by atoms with van der Waals surface area (Å²) in [7, 11) is 0. The van der Waals surface area contributed by atoms with E-state index in [1.165, 1.54) is 0 Å². The lowest BCUT2D eigenvalue weighted by Crippen LogP contribution is -2.09. The predicted molar refractivity (Wildman–Crippen MR) is 69.2 cm³/mol. The van der Waals surface area contributed by atoms with Crippen LogP contribution < -0.4 is 0 Å². The van der Waals surface area contributed by atoms with Crippen molar-refractivity contribution in [2.45, 2.75) is 13.3 Å². The summed E-state index contributed by atoms with van der Waals surface area (Å²) in [5.74, 6) is -0.313. The zero-order valence-corrected chi connectivity index (χ0v) is 11.5. The van der Waals surface area contributed by atoms with Crippen molar-refractivity contribution in [1.29, 1.82) is 5.26 Å². The molecule has 84 valence electrons. The molecule has 0 radical (unpaired) electrons. The average molecular weight is 350 g/mol. The summed E-state index contributed by atoms with van der Waals surface area (Å²) in [6.45, 7) is 2.10. The number of carbonyl (C=O) groups excluding carboxylic acids is 1. The smallest absolute Gasteiger partial charge is 0.310 e. The number of rotatable bonds is 3. The summed E-state index contributed by atoms with van der Waals surface area (Å²) in [5, 5.41) is 9.33. The molecule has 1 rings (SSSR count). The molecule has 0 aromatic heterocycles. The Kier molecular flexibility index (Phi) is 5.03. The van der Waals surface area contributed by atoms with Crippen LogP contribution in [0.2, 0.25) is 5.02 Å². The molecule has 0 fully saturated rings. The van der Waals surface area contributed by atoms with Gasteiger partial charge in [-0.2, -0.15) is 5.26 Å². The maximum atomic E-state index is 11.3. The van der Waals surface area contributed by atoms with Crippen molar-refractivity contribution in [3.63, 3.8) is 0 Å². The molecule has 3 nitrogen and oxygen atoms in total. The Morgan fingerprint density at radius 1 is 1.62 bits per heavy atom. The Morgan fingerprint density at radius 2 is 2.31 bits per heavy atom. The quantitative estimate of drug-likeness (QED) is 0.623. The third kappa shape index (κ3) is 3.35. The van der Waals surface area contributed by atoms with E-state index in [4.69, 9.17) is 21.6 Å². The number of nitriles is 1. The molecule has 0 aliphatic rings. The molecule has 0 saturated heterocycles. The van der Waals surface area contributed by atoms with Gasteiger partial charge < -0.3 is 4.74 Å². The third-order valence-corrected chi connectivity index (χ3v) is 3.37. The average Bonchev–Trinajstić information content (AvgIpc) is 2.23. The number of nitrogens with zero attached hydrogens (tertiary/aromatic N) is 1. The van der Waals surface area contributed by atoms with E-state index in [1.807, 2.05) is 28.7 Å². The Morgan fingerprint density at radius 3 is 2.88 bits per heavy atom. The highest BCUT2D eigenvalue weighted by Crippen LogP contribution is 2.23. The minimum atomic E-state index is -0.313. The fraction of sp³-hybridized carbons (Fsp3) is 0.273. The SMILES string of the molecule is CCOC(=O)Cc1cc(Cl)cc(C#N)c1I. The molecule has 0 aliphatic carbocycles. The van der Waals surface area contributed by atoms with Gasteiger partial charge in [0.2, 0.25) is 0 Å². The van der Waals surface area contributed by atoms with Gasteiger partial charge >= 0.3 is 5.97 Å². The Bertz CT molecular complexity index is 454. The first-order valence-corrected chi connectivity index (χ1v) is 6.07. The minimum Gasteiger partial charge on any atom is -0.466 e. The number of hydrogen-bond acceptors (Lipinski definition) is 3. The van der Waals surface area contributed by atoms with Crippen LogP contribution in [-0.4, -0.2) is 12.6 Å². The topological polar surface area (TPSA) is 50.1 Å². The summed E-state index contributed by atoms with van der Waals surface area (Å²) in [6, 6.07) is 5.30. The minimum absolute atomic E-state index is 0.140. The molecule has 5 heteroatoms. The third-order valence-electron chi connectivity index (χ3n) is 1.87. The van der Waals surface area contributed by atoms with Crippen molar-refractivity contribution in [3.05, 3.63) is 31.9 Å². The molecular formula is C11H9ClINO2. The summed E-state index contributed by atoms with van der Waals surface area (Å²) < 4.78 is 5.59. The van der Waals surface area contributed by atoms with Crippen molar-refractivity contribution in [1.82, 2.24) is 0 Å². The molecule has 0 heterocycles. The molecule has 1 aromatic carbocycles. The summed E-state index contributed by atoms with van der Waals surface area (Å²) in [4.78, 5) is 11.3. The standard InChI is InChI=1S/C11H9ClINO2/c1-2-16-10(15)5-7-3-9(12)4-8(6-14)11(7)13/h3-4H,2,5H2,1H3. The molecule has 0 saturated carbocycles. The lowest BCUT2D eigenvalue weighted by molar-refractivity contribution is -0.142. The molecule has 0 amide bonds. The van der Waals surface area contributed by atoms with Gasteiger partial charge in [-0.15, -0.1) is 0 Å². The largest absolute Gasteiger partial charge is 0.466 e. The molecule has 16 heavy (non-hydrogen) atoms. The Hall–Kier alpha value is -0.800. The van der Waals surface area contributed by atoms with Crippen LogP contribution in [0.1, 0.15) is 18.1 Å². The Labute approximate surface area is 112 Å². The summed E-state index contributed by atoms with van der Waals surface area (Å²) in [5.41, 5.74) is 1.20. The van der Waals surface area contributed by atoms with Crippen molar-refractivity contribution < 1.29 is 9.53 Å². The van der Waals surface area contributed by atoms with Crippen LogP contribution >= 0.6 is 34.2 Å². The second-order valence-electron chi connectivity index (χ2n) is 3.02. The number of halogens is 2. The molecular weight excluding hydrogens is 340 g/mol. The first-order chi connectivity index (χ1) is 7.58. The second kappa shape index (κ2) is 6.06. The van der Waals surface area contributed by atoms with Crippen LogP contribution in [0.3, 0.4) is 0 Å². The molecule has 0 N–H and O–H groups in total. The number of ether oxygens (including phenoxy) is 1. The van der Waals surface area contributed by atoms with Crippen molar-refractivity contribution in [3.8, 4) is 6.07 Å². The molecule has 0 unspecified atom stereocenters. The van der Waals surface area contributed by atoms with Gasteiger partial charge in [-0.25, -0.2) is 0 Å². The van der Waals surface area contributed by atoms with Gasteiger partial charge in [-0.05, 0) is 47.2 Å². The van der Waals surface area contributed by atoms with Gasteiger partial charge in [0.15, 0.2) is 0 Å². The van der Waals surface area contributed by atoms with Crippen LogP contribution in [0.25, 0.3) is 0 Å². The van der Waals surface area contributed by atoms with Gasteiger partial charge in [0, 0.05) is 8.59 Å². The van der Waals surface area contributed by atoms with E-state index >= 15 is 0 Å². The molecule has 0 spiro atoms. The van der Waals surface area contributed by atoms with E-state index < -0.39 is 0 Å². The van der Waals surface area contributed by atoms with E-state index in [9.17, 15) is 4.79 Å². The van der Waals surface area contributed by atoms with Crippen molar-refractivity contribution >= 4 is 40.2 Å². The highest BCUT2D eigenvalue weighted by molar-refractivity contribution is 14.1. The van der Waals surface area contributed by atoms with Crippen LogP contribution in [-0.2, 0) is 16.0 Å². The highest BCUT2D eigenvalue weighted by Gasteiger charge is 2.12. The normalized spacial score (nSPS) is 9.62.